The van der Waals surface area contributed by atoms with Crippen molar-refractivity contribution < 1.29 is 8.42 Å². The van der Waals surface area contributed by atoms with Crippen molar-refractivity contribution in [3.8, 4) is 0 Å². The Morgan fingerprint density at radius 3 is 2.41 bits per heavy atom. The number of nitrogens with zero attached hydrogens (tertiary/aromatic N) is 5. The maximum Gasteiger partial charge on any atom is 0.263 e. The van der Waals surface area contributed by atoms with Crippen molar-refractivity contribution in [3.63, 3.8) is 0 Å². The van der Waals surface area contributed by atoms with E-state index in [0.29, 0.717) is 5.01 Å². The minimum absolute atomic E-state index is 0.113. The van der Waals surface area contributed by atoms with Crippen molar-refractivity contribution >= 4 is 44.1 Å². The van der Waals surface area contributed by atoms with E-state index in [2.05, 4.69) is 24.9 Å². The lowest BCUT2D eigenvalue weighted by atomic mass is 9.87. The third-order valence-electron chi connectivity index (χ3n) is 5.00. The average Bonchev–Trinajstić information content (AvgIpc) is 3.06. The van der Waals surface area contributed by atoms with Gasteiger partial charge in [-0.05, 0) is 56.9 Å². The molecule has 5 N–H and O–H groups in total. The Balaban J connectivity index is 1.63. The van der Waals surface area contributed by atoms with E-state index >= 15 is 0 Å². The van der Waals surface area contributed by atoms with E-state index in [1.54, 1.807) is 19.1 Å². The van der Waals surface area contributed by atoms with Gasteiger partial charge in [-0.1, -0.05) is 17.8 Å². The molecule has 1 aliphatic heterocycles. The fourth-order valence-corrected chi connectivity index (χ4v) is 5.60. The van der Waals surface area contributed by atoms with Crippen LogP contribution in [0, 0.1) is 6.92 Å². The summed E-state index contributed by atoms with van der Waals surface area (Å²) in [6.45, 7) is 1.76. The summed E-state index contributed by atoms with van der Waals surface area (Å²) in [5.41, 5.74) is 12.2. The number of guanidine groups is 2. The van der Waals surface area contributed by atoms with E-state index in [9.17, 15) is 8.42 Å². The van der Waals surface area contributed by atoms with Gasteiger partial charge in [-0.3, -0.25) is 9.62 Å². The van der Waals surface area contributed by atoms with Crippen LogP contribution in [0.15, 0.2) is 39.1 Å². The summed E-state index contributed by atoms with van der Waals surface area (Å²) in [6.07, 6.45) is 4.77. The Bertz CT molecular complexity index is 1070. The van der Waals surface area contributed by atoms with E-state index in [1.807, 2.05) is 4.90 Å². The standard InChI is InChI=1S/C17H22N8O2S2/c1-11-22-23-16(28-11)24-29(26,27)13-7-5-12(6-8-13)25-15(19)20-14(18)21-17(25)9-3-2-4-10-17/h5-8H,2-4,9-10H2,1H3,(H,23,24)(H4,18,19,20,21). The minimum atomic E-state index is -3.77. The van der Waals surface area contributed by atoms with Gasteiger partial charge in [0, 0.05) is 5.69 Å². The number of benzene rings is 1. The molecule has 2 aromatic rings. The summed E-state index contributed by atoms with van der Waals surface area (Å²) in [6, 6.07) is 6.46. The van der Waals surface area contributed by atoms with Crippen LogP contribution in [0.25, 0.3) is 0 Å². The zero-order valence-electron chi connectivity index (χ0n) is 15.9. The number of nitrogens with one attached hydrogen (secondary N) is 1. The quantitative estimate of drug-likeness (QED) is 0.663. The molecule has 2 heterocycles. The number of aryl methyl sites for hydroxylation is 1. The molecule has 1 saturated carbocycles. The van der Waals surface area contributed by atoms with Crippen molar-refractivity contribution in [1.82, 2.24) is 10.2 Å². The van der Waals surface area contributed by atoms with Crippen LogP contribution in [0.5, 0.6) is 0 Å². The van der Waals surface area contributed by atoms with Crippen LogP contribution in [-0.2, 0) is 10.0 Å². The molecule has 1 aliphatic carbocycles. The molecule has 0 saturated heterocycles. The first-order chi connectivity index (χ1) is 13.8. The number of anilines is 2. The molecule has 4 rings (SSSR count). The van der Waals surface area contributed by atoms with Crippen molar-refractivity contribution in [1.29, 1.82) is 0 Å². The third kappa shape index (κ3) is 3.77. The van der Waals surface area contributed by atoms with Crippen LogP contribution in [0.2, 0.25) is 0 Å². The zero-order valence-corrected chi connectivity index (χ0v) is 17.5. The van der Waals surface area contributed by atoms with Gasteiger partial charge in [0.2, 0.25) is 17.1 Å². The summed E-state index contributed by atoms with van der Waals surface area (Å²) in [4.78, 5) is 10.7. The Morgan fingerprint density at radius 2 is 1.79 bits per heavy atom. The molecule has 1 fully saturated rings. The minimum Gasteiger partial charge on any atom is -0.369 e. The molecule has 10 nitrogen and oxygen atoms in total. The first-order valence-corrected chi connectivity index (χ1v) is 11.5. The van der Waals surface area contributed by atoms with Crippen LogP contribution >= 0.6 is 11.3 Å². The lowest BCUT2D eigenvalue weighted by Gasteiger charge is -2.45. The molecule has 154 valence electrons. The monoisotopic (exact) mass is 434 g/mol. The molecule has 0 radical (unpaired) electrons. The van der Waals surface area contributed by atoms with Crippen molar-refractivity contribution in [3.05, 3.63) is 29.3 Å². The van der Waals surface area contributed by atoms with E-state index in [4.69, 9.17) is 11.5 Å². The van der Waals surface area contributed by atoms with Crippen LogP contribution in [0.1, 0.15) is 37.1 Å². The van der Waals surface area contributed by atoms with Gasteiger partial charge in [0.1, 0.15) is 10.7 Å². The van der Waals surface area contributed by atoms with Gasteiger partial charge in [0.25, 0.3) is 10.0 Å². The molecule has 1 aromatic carbocycles. The summed E-state index contributed by atoms with van der Waals surface area (Å²) in [5, 5.41) is 8.52. The number of aliphatic imine (C=N–C) groups is 2. The van der Waals surface area contributed by atoms with Crippen LogP contribution in [0.4, 0.5) is 10.8 Å². The number of hydrogen-bond donors (Lipinski definition) is 3. The lowest BCUT2D eigenvalue weighted by molar-refractivity contribution is 0.305. The van der Waals surface area contributed by atoms with Crippen LogP contribution < -0.4 is 21.1 Å². The van der Waals surface area contributed by atoms with Crippen LogP contribution in [-0.4, -0.2) is 36.2 Å². The topological polar surface area (TPSA) is 152 Å². The highest BCUT2D eigenvalue weighted by Gasteiger charge is 2.42. The number of aromatic nitrogens is 2. The largest absolute Gasteiger partial charge is 0.369 e. The summed E-state index contributed by atoms with van der Waals surface area (Å²) < 4.78 is 27.7. The van der Waals surface area contributed by atoms with E-state index in [0.717, 1.165) is 37.8 Å². The third-order valence-corrected chi connectivity index (χ3v) is 7.24. The van der Waals surface area contributed by atoms with E-state index in [1.165, 1.54) is 23.5 Å². The number of nitrogens with two attached hydrogens (primary N) is 2. The van der Waals surface area contributed by atoms with Gasteiger partial charge in [0.15, 0.2) is 0 Å². The summed E-state index contributed by atoms with van der Waals surface area (Å²) in [5.74, 6) is 0.439. The highest BCUT2D eigenvalue weighted by atomic mass is 32.2. The highest BCUT2D eigenvalue weighted by molar-refractivity contribution is 7.93. The maximum absolute atomic E-state index is 12.6. The molecule has 29 heavy (non-hydrogen) atoms. The first-order valence-electron chi connectivity index (χ1n) is 9.22. The van der Waals surface area contributed by atoms with Gasteiger partial charge in [-0.2, -0.15) is 4.99 Å². The van der Waals surface area contributed by atoms with Gasteiger partial charge >= 0.3 is 0 Å². The van der Waals surface area contributed by atoms with Gasteiger partial charge in [-0.15, -0.1) is 10.2 Å². The maximum atomic E-state index is 12.6. The molecule has 0 amide bonds. The molecule has 0 atom stereocenters. The Hall–Kier alpha value is -2.73. The van der Waals surface area contributed by atoms with E-state index < -0.39 is 15.7 Å². The van der Waals surface area contributed by atoms with Gasteiger partial charge in [-0.25, -0.2) is 13.4 Å². The number of hydrogen-bond acceptors (Lipinski definition) is 10. The molecule has 1 spiro atoms. The molecule has 2 aliphatic rings. The number of sulfonamides is 1. The summed E-state index contributed by atoms with van der Waals surface area (Å²) in [7, 11) is -3.77. The second kappa shape index (κ2) is 7.26. The second-order valence-corrected chi connectivity index (χ2v) is 9.91. The molecule has 0 unspecified atom stereocenters. The van der Waals surface area contributed by atoms with Gasteiger partial charge < -0.3 is 11.5 Å². The predicted molar refractivity (Wildman–Crippen MR) is 113 cm³/mol. The molecular formula is C17H22N8O2S2. The normalized spacial score (nSPS) is 19.0. The lowest BCUT2D eigenvalue weighted by Crippen LogP contribution is -2.58. The van der Waals surface area contributed by atoms with E-state index in [-0.39, 0.29) is 21.9 Å². The van der Waals surface area contributed by atoms with Crippen molar-refractivity contribution in [2.75, 3.05) is 9.62 Å². The average molecular weight is 435 g/mol. The molecular weight excluding hydrogens is 412 g/mol. The van der Waals surface area contributed by atoms with Crippen molar-refractivity contribution in [2.24, 2.45) is 21.5 Å². The molecule has 1 aromatic heterocycles. The second-order valence-electron chi connectivity index (χ2n) is 7.04. The van der Waals surface area contributed by atoms with Gasteiger partial charge in [0.05, 0.1) is 4.90 Å². The molecule has 12 heteroatoms. The fraction of sp³-hybridized carbons (Fsp3) is 0.412. The van der Waals surface area contributed by atoms with Crippen LogP contribution in [0.3, 0.4) is 0 Å². The number of rotatable bonds is 4. The zero-order chi connectivity index (χ0) is 20.6. The Labute approximate surface area is 172 Å². The first kappa shape index (κ1) is 19.6. The predicted octanol–water partition coefficient (Wildman–Crippen LogP) is 1.76. The smallest absolute Gasteiger partial charge is 0.263 e. The SMILES string of the molecule is Cc1nnc(NS(=O)(=O)c2ccc(N3C(N)=NC(N)=NC34CCCCC4)cc2)s1. The summed E-state index contributed by atoms with van der Waals surface area (Å²) >= 11 is 1.17. The Morgan fingerprint density at radius 1 is 1.10 bits per heavy atom. The van der Waals surface area contributed by atoms with Crippen molar-refractivity contribution in [2.45, 2.75) is 49.6 Å². The Kier molecular flexibility index (Phi) is 4.90. The molecule has 0 bridgehead atoms. The fourth-order valence-electron chi connectivity index (χ4n) is 3.78. The highest BCUT2D eigenvalue weighted by Crippen LogP contribution is 2.39.